The second-order valence-electron chi connectivity index (χ2n) is 8.44. The van der Waals surface area contributed by atoms with Crippen molar-refractivity contribution in [2.45, 2.75) is 31.7 Å². The topological polar surface area (TPSA) is 82.4 Å². The summed E-state index contributed by atoms with van der Waals surface area (Å²) in [5.74, 6) is 8.55. The van der Waals surface area contributed by atoms with E-state index in [2.05, 4.69) is 28.8 Å². The quantitative estimate of drug-likeness (QED) is 0.453. The molecule has 36 heavy (non-hydrogen) atoms. The predicted octanol–water partition coefficient (Wildman–Crippen LogP) is 3.40. The Morgan fingerprint density at radius 1 is 1.11 bits per heavy atom. The molecule has 0 saturated carbocycles. The summed E-state index contributed by atoms with van der Waals surface area (Å²) in [7, 11) is 0. The first kappa shape index (κ1) is 23.1. The zero-order valence-corrected chi connectivity index (χ0v) is 19.1. The third kappa shape index (κ3) is 4.25. The van der Waals surface area contributed by atoms with Crippen molar-refractivity contribution < 1.29 is 13.6 Å². The molecule has 0 fully saturated rings. The number of benzene rings is 1. The van der Waals surface area contributed by atoms with E-state index in [0.717, 1.165) is 36.7 Å². The number of fused-ring (bicyclic) bond motifs is 2. The second-order valence-corrected chi connectivity index (χ2v) is 8.44. The van der Waals surface area contributed by atoms with Crippen LogP contribution in [0.15, 0.2) is 59.7 Å². The van der Waals surface area contributed by atoms with Gasteiger partial charge in [0.1, 0.15) is 11.6 Å². The maximum absolute atomic E-state index is 14.7. The second kappa shape index (κ2) is 9.52. The number of carbonyl (C=O) groups is 1. The number of rotatable bonds is 4. The predicted molar refractivity (Wildman–Crippen MR) is 130 cm³/mol. The molecule has 1 atom stereocenters. The maximum atomic E-state index is 14.7. The van der Waals surface area contributed by atoms with E-state index in [-0.39, 0.29) is 23.1 Å². The highest BCUT2D eigenvalue weighted by atomic mass is 19.1. The minimum atomic E-state index is -0.777. The summed E-state index contributed by atoms with van der Waals surface area (Å²) < 4.78 is 32.0. The van der Waals surface area contributed by atoms with Crippen LogP contribution in [0.25, 0.3) is 5.52 Å². The van der Waals surface area contributed by atoms with Crippen molar-refractivity contribution in [3.8, 4) is 23.7 Å². The lowest BCUT2D eigenvalue weighted by molar-refractivity contribution is 0.1000. The van der Waals surface area contributed by atoms with Crippen LogP contribution >= 0.6 is 0 Å². The van der Waals surface area contributed by atoms with Crippen molar-refractivity contribution in [1.29, 1.82) is 0 Å². The number of amides is 1. The van der Waals surface area contributed by atoms with E-state index in [1.54, 1.807) is 33.6 Å². The minimum absolute atomic E-state index is 0.0448. The zero-order valence-electron chi connectivity index (χ0n) is 19.1. The monoisotopic (exact) mass is 482 g/mol. The van der Waals surface area contributed by atoms with Gasteiger partial charge in [-0.2, -0.15) is 5.10 Å². The summed E-state index contributed by atoms with van der Waals surface area (Å²) in [6.07, 6.45) is 4.90. The molecule has 4 heterocycles. The summed E-state index contributed by atoms with van der Waals surface area (Å²) in [4.78, 5) is 25.0. The van der Waals surface area contributed by atoms with Gasteiger partial charge in [0.2, 0.25) is 5.91 Å². The molecule has 8 heteroatoms. The maximum Gasteiger partial charge on any atom is 0.254 e. The number of nitrogens with zero attached hydrogens (tertiary/aromatic N) is 3. The molecule has 5 rings (SSSR count). The molecule has 1 aliphatic rings. The number of primary amides is 1. The third-order valence-electron chi connectivity index (χ3n) is 6.31. The smallest absolute Gasteiger partial charge is 0.254 e. The normalized spacial score (nSPS) is 12.8. The fraction of sp³-hybridized carbons (Fsp3) is 0.179. The lowest BCUT2D eigenvalue weighted by Crippen LogP contribution is -2.25. The van der Waals surface area contributed by atoms with E-state index in [9.17, 15) is 18.4 Å². The zero-order chi connectivity index (χ0) is 25.2. The van der Waals surface area contributed by atoms with Gasteiger partial charge >= 0.3 is 0 Å². The van der Waals surface area contributed by atoms with Gasteiger partial charge in [0.15, 0.2) is 0 Å². The molecule has 1 unspecified atom stereocenters. The largest absolute Gasteiger partial charge is 0.366 e. The molecule has 1 aromatic carbocycles. The van der Waals surface area contributed by atoms with Gasteiger partial charge in [0.25, 0.3) is 5.56 Å². The number of halogens is 2. The van der Waals surface area contributed by atoms with Gasteiger partial charge in [0, 0.05) is 36.3 Å². The Bertz CT molecular complexity index is 1700. The number of aromatic nitrogens is 3. The Balaban J connectivity index is 1.52. The molecule has 3 aromatic heterocycles. The molecule has 2 N–H and O–H groups in total. The standard InChI is InChI=1S/C28H20F2N4O2/c29-18-8-11-25(30)24(17-18)20(23-10-9-19-5-4-15-33(19)28(23)36)6-2-1-3-7-21-22(27(31)35)13-16-34-26(21)12-14-32-34/h8-14,16-17,20H,4-6,15H2,(H2,31,35). The third-order valence-corrected chi connectivity index (χ3v) is 6.31. The van der Waals surface area contributed by atoms with E-state index in [1.165, 1.54) is 6.07 Å². The highest BCUT2D eigenvalue weighted by Gasteiger charge is 2.24. The summed E-state index contributed by atoms with van der Waals surface area (Å²) >= 11 is 0. The van der Waals surface area contributed by atoms with Crippen molar-refractivity contribution in [1.82, 2.24) is 14.2 Å². The van der Waals surface area contributed by atoms with E-state index < -0.39 is 23.5 Å². The summed E-state index contributed by atoms with van der Waals surface area (Å²) in [5.41, 5.74) is 7.84. The van der Waals surface area contributed by atoms with Gasteiger partial charge in [-0.1, -0.05) is 12.0 Å². The number of aryl methyl sites for hydroxylation is 1. The Morgan fingerprint density at radius 3 is 2.81 bits per heavy atom. The van der Waals surface area contributed by atoms with Crippen molar-refractivity contribution >= 4 is 11.4 Å². The molecular weight excluding hydrogens is 462 g/mol. The average Bonchev–Trinajstić information content (AvgIpc) is 3.54. The van der Waals surface area contributed by atoms with Crippen LogP contribution in [-0.2, 0) is 13.0 Å². The molecule has 0 saturated heterocycles. The summed E-state index contributed by atoms with van der Waals surface area (Å²) in [6.45, 7) is 0.597. The first-order valence-corrected chi connectivity index (χ1v) is 11.4. The SMILES string of the molecule is NC(=O)c1ccn2nccc2c1C#CC#CCC(c1cc(F)ccc1F)c1ccc2n(c1=O)CCC2. The van der Waals surface area contributed by atoms with Crippen LogP contribution in [-0.4, -0.2) is 20.1 Å². The van der Waals surface area contributed by atoms with Crippen molar-refractivity contribution in [2.24, 2.45) is 5.73 Å². The lowest BCUT2D eigenvalue weighted by atomic mass is 9.88. The molecule has 1 aliphatic heterocycles. The van der Waals surface area contributed by atoms with Gasteiger partial charge in [-0.05, 0) is 72.6 Å². The molecule has 6 nitrogen and oxygen atoms in total. The lowest BCUT2D eigenvalue weighted by Gasteiger charge is -2.17. The van der Waals surface area contributed by atoms with Gasteiger partial charge in [-0.25, -0.2) is 13.3 Å². The van der Waals surface area contributed by atoms with Gasteiger partial charge in [-0.15, -0.1) is 0 Å². The number of carbonyl (C=O) groups excluding carboxylic acids is 1. The van der Waals surface area contributed by atoms with Gasteiger partial charge in [-0.3, -0.25) is 9.59 Å². The molecule has 0 bridgehead atoms. The van der Waals surface area contributed by atoms with E-state index in [1.807, 2.05) is 6.07 Å². The molecule has 0 radical (unpaired) electrons. The van der Waals surface area contributed by atoms with Crippen LogP contribution in [0.2, 0.25) is 0 Å². The Kier molecular flexibility index (Phi) is 6.10. The molecule has 178 valence electrons. The van der Waals surface area contributed by atoms with Crippen LogP contribution in [0.5, 0.6) is 0 Å². The Labute approximate surface area is 205 Å². The van der Waals surface area contributed by atoms with E-state index in [4.69, 9.17) is 5.73 Å². The highest BCUT2D eigenvalue weighted by molar-refractivity contribution is 5.97. The Morgan fingerprint density at radius 2 is 1.97 bits per heavy atom. The van der Waals surface area contributed by atoms with Crippen molar-refractivity contribution in [2.75, 3.05) is 0 Å². The molecule has 1 amide bonds. The molecule has 4 aromatic rings. The van der Waals surface area contributed by atoms with E-state index in [0.29, 0.717) is 23.2 Å². The number of hydrogen-bond donors (Lipinski definition) is 1. The van der Waals surface area contributed by atoms with Crippen LogP contribution < -0.4 is 11.3 Å². The van der Waals surface area contributed by atoms with E-state index >= 15 is 0 Å². The van der Waals surface area contributed by atoms with Crippen molar-refractivity contribution in [3.05, 3.63) is 105 Å². The fourth-order valence-corrected chi connectivity index (χ4v) is 4.57. The molecular formula is C28H20F2N4O2. The van der Waals surface area contributed by atoms with Crippen LogP contribution in [0.3, 0.4) is 0 Å². The summed E-state index contributed by atoms with van der Waals surface area (Å²) in [5, 5.41) is 4.13. The van der Waals surface area contributed by atoms with Crippen LogP contribution in [0.1, 0.15) is 51.5 Å². The summed E-state index contributed by atoms with van der Waals surface area (Å²) in [6, 6.07) is 9.96. The van der Waals surface area contributed by atoms with Crippen LogP contribution in [0.4, 0.5) is 8.78 Å². The fourth-order valence-electron chi connectivity index (χ4n) is 4.57. The Hall–Kier alpha value is -4.69. The number of hydrogen-bond acceptors (Lipinski definition) is 3. The minimum Gasteiger partial charge on any atom is -0.366 e. The number of nitrogens with two attached hydrogens (primary N) is 1. The first-order chi connectivity index (χ1) is 17.4. The first-order valence-electron chi connectivity index (χ1n) is 11.4. The molecule has 0 aliphatic carbocycles. The van der Waals surface area contributed by atoms with Crippen molar-refractivity contribution in [3.63, 3.8) is 0 Å². The van der Waals surface area contributed by atoms with Crippen LogP contribution in [0, 0.1) is 35.3 Å². The highest BCUT2D eigenvalue weighted by Crippen LogP contribution is 2.29. The average molecular weight is 482 g/mol. The van der Waals surface area contributed by atoms with Gasteiger partial charge in [0.05, 0.1) is 22.8 Å². The number of pyridine rings is 2. The molecule has 0 spiro atoms. The van der Waals surface area contributed by atoms with Gasteiger partial charge < -0.3 is 10.3 Å².